The number of carbonyl (C=O) groups excluding carboxylic acids is 1. The summed E-state index contributed by atoms with van der Waals surface area (Å²) in [6.45, 7) is 6.14. The lowest BCUT2D eigenvalue weighted by molar-refractivity contribution is -0.117. The number of likely N-dealkylation sites (tertiary alicyclic amines) is 1. The summed E-state index contributed by atoms with van der Waals surface area (Å²) in [6.07, 6.45) is 8.07. The molecule has 4 heterocycles. The lowest BCUT2D eigenvalue weighted by Crippen LogP contribution is -2.36. The van der Waals surface area contributed by atoms with Gasteiger partial charge in [0.2, 0.25) is 5.91 Å². The minimum Gasteiger partial charge on any atom is -0.493 e. The molecule has 5 rings (SSSR count). The first kappa shape index (κ1) is 20.3. The monoisotopic (exact) mass is 414 g/mol. The number of fused-ring (bicyclic) bond motifs is 1. The number of hydrogen-bond acceptors (Lipinski definition) is 5. The number of anilines is 1. The van der Waals surface area contributed by atoms with Crippen molar-refractivity contribution in [2.75, 3.05) is 32.1 Å². The second-order valence-electron chi connectivity index (χ2n) is 7.66. The van der Waals surface area contributed by atoms with Crippen molar-refractivity contribution in [2.45, 2.75) is 26.2 Å². The van der Waals surface area contributed by atoms with E-state index in [1.165, 1.54) is 45.4 Å². The zero-order valence-electron chi connectivity index (χ0n) is 17.6. The number of nitrogens with one attached hydrogen (secondary N) is 1. The number of carbonyl (C=O) groups is 1. The number of rotatable bonds is 5. The summed E-state index contributed by atoms with van der Waals surface area (Å²) >= 11 is 0. The number of nitrogens with zero attached hydrogens (tertiary/aromatic N) is 5. The Hall–Kier alpha value is -2.94. The van der Waals surface area contributed by atoms with Crippen molar-refractivity contribution >= 4 is 17.4 Å². The van der Waals surface area contributed by atoms with E-state index in [2.05, 4.69) is 27.2 Å². The summed E-state index contributed by atoms with van der Waals surface area (Å²) in [5.74, 6) is 0.516. The second kappa shape index (κ2) is 8.43. The molecule has 8 nitrogen and oxygen atoms in total. The number of ether oxygens (including phenoxy) is 1. The van der Waals surface area contributed by atoms with E-state index < -0.39 is 5.82 Å². The predicted octanol–water partition coefficient (Wildman–Crippen LogP) is 2.94. The standard InChI is InChI=1S/C16H16FN5O2.C5H11N/c1-21-15(12(24-2)6-18-21)10-7-22-8-13(19-14(22)5-11(10)17)20-16(23)9-3-4-9;1-2-6-4-3-5-6/h5-9H,3-4H2,1-2H3,(H,20,23);2-5H2,1H3. The Morgan fingerprint density at radius 3 is 2.67 bits per heavy atom. The largest absolute Gasteiger partial charge is 0.493 e. The first-order valence-electron chi connectivity index (χ1n) is 10.3. The van der Waals surface area contributed by atoms with Gasteiger partial charge in [0.05, 0.1) is 25.1 Å². The molecule has 0 aromatic carbocycles. The highest BCUT2D eigenvalue weighted by atomic mass is 19.1. The van der Waals surface area contributed by atoms with Gasteiger partial charge in [0.15, 0.2) is 11.6 Å². The van der Waals surface area contributed by atoms with Gasteiger partial charge in [-0.3, -0.25) is 9.48 Å². The maximum absolute atomic E-state index is 14.6. The molecule has 2 fully saturated rings. The third kappa shape index (κ3) is 4.16. The van der Waals surface area contributed by atoms with Crippen molar-refractivity contribution in [3.8, 4) is 17.0 Å². The van der Waals surface area contributed by atoms with Crippen LogP contribution in [0.4, 0.5) is 10.2 Å². The van der Waals surface area contributed by atoms with Gasteiger partial charge < -0.3 is 19.4 Å². The number of halogens is 1. The summed E-state index contributed by atoms with van der Waals surface area (Å²) in [4.78, 5) is 18.5. The maximum Gasteiger partial charge on any atom is 0.228 e. The van der Waals surface area contributed by atoms with Gasteiger partial charge in [-0.05, 0) is 38.9 Å². The Morgan fingerprint density at radius 1 is 1.33 bits per heavy atom. The maximum atomic E-state index is 14.6. The van der Waals surface area contributed by atoms with E-state index in [-0.39, 0.29) is 11.8 Å². The van der Waals surface area contributed by atoms with Gasteiger partial charge in [-0.15, -0.1) is 0 Å². The number of methoxy groups -OCH3 is 1. The van der Waals surface area contributed by atoms with Crippen LogP contribution in [-0.2, 0) is 11.8 Å². The molecule has 1 saturated heterocycles. The molecule has 0 bridgehead atoms. The number of aryl methyl sites for hydroxylation is 1. The lowest BCUT2D eigenvalue weighted by Gasteiger charge is -2.28. The van der Waals surface area contributed by atoms with Crippen molar-refractivity contribution in [3.05, 3.63) is 30.5 Å². The molecule has 0 spiro atoms. The number of pyridine rings is 1. The molecule has 1 aliphatic heterocycles. The molecule has 160 valence electrons. The first-order valence-corrected chi connectivity index (χ1v) is 10.3. The Bertz CT molecular complexity index is 1050. The molecule has 30 heavy (non-hydrogen) atoms. The van der Waals surface area contributed by atoms with E-state index in [4.69, 9.17) is 4.74 Å². The van der Waals surface area contributed by atoms with Crippen LogP contribution in [0.25, 0.3) is 16.9 Å². The SMILES string of the molecule is CCN1CCC1.COc1cnn(C)c1-c1cn2cc(NC(=O)C3CC3)nc2cc1F. The molecule has 1 amide bonds. The normalized spacial score (nSPS) is 16.0. The third-order valence-electron chi connectivity index (χ3n) is 5.52. The molecule has 0 atom stereocenters. The van der Waals surface area contributed by atoms with Crippen LogP contribution in [0.15, 0.2) is 24.7 Å². The molecule has 1 aliphatic carbocycles. The summed E-state index contributed by atoms with van der Waals surface area (Å²) in [6, 6.07) is 1.33. The minimum atomic E-state index is -0.435. The highest BCUT2D eigenvalue weighted by Gasteiger charge is 2.30. The van der Waals surface area contributed by atoms with Gasteiger partial charge >= 0.3 is 0 Å². The lowest BCUT2D eigenvalue weighted by atomic mass is 10.2. The minimum absolute atomic E-state index is 0.0348. The van der Waals surface area contributed by atoms with E-state index in [0.29, 0.717) is 28.5 Å². The second-order valence-corrected chi connectivity index (χ2v) is 7.66. The van der Waals surface area contributed by atoms with Crippen molar-refractivity contribution in [2.24, 2.45) is 13.0 Å². The van der Waals surface area contributed by atoms with Gasteiger partial charge in [-0.25, -0.2) is 9.37 Å². The molecule has 3 aromatic heterocycles. The molecular formula is C21H27FN6O2. The first-order chi connectivity index (χ1) is 14.5. The van der Waals surface area contributed by atoms with Crippen molar-refractivity contribution in [1.82, 2.24) is 24.1 Å². The topological polar surface area (TPSA) is 76.7 Å². The fourth-order valence-corrected chi connectivity index (χ4v) is 3.39. The Balaban J connectivity index is 0.000000313. The van der Waals surface area contributed by atoms with Crippen LogP contribution in [0.5, 0.6) is 5.75 Å². The highest BCUT2D eigenvalue weighted by molar-refractivity contribution is 5.93. The third-order valence-corrected chi connectivity index (χ3v) is 5.52. The average molecular weight is 414 g/mol. The number of imidazole rings is 1. The van der Waals surface area contributed by atoms with Crippen molar-refractivity contribution in [3.63, 3.8) is 0 Å². The molecule has 1 saturated carbocycles. The Labute approximate surface area is 174 Å². The number of amides is 1. The fraction of sp³-hybridized carbons (Fsp3) is 0.476. The van der Waals surface area contributed by atoms with Crippen LogP contribution in [0.1, 0.15) is 26.2 Å². The smallest absolute Gasteiger partial charge is 0.228 e. The zero-order valence-corrected chi connectivity index (χ0v) is 17.6. The number of aromatic nitrogens is 4. The average Bonchev–Trinajstić information content (AvgIpc) is 3.37. The molecule has 0 unspecified atom stereocenters. The summed E-state index contributed by atoms with van der Waals surface area (Å²) in [7, 11) is 3.23. The fourth-order valence-electron chi connectivity index (χ4n) is 3.39. The Morgan fingerprint density at radius 2 is 2.10 bits per heavy atom. The predicted molar refractivity (Wildman–Crippen MR) is 112 cm³/mol. The van der Waals surface area contributed by atoms with Gasteiger partial charge in [-0.2, -0.15) is 5.10 Å². The van der Waals surface area contributed by atoms with Crippen LogP contribution in [0.3, 0.4) is 0 Å². The molecule has 2 aliphatic rings. The summed E-state index contributed by atoms with van der Waals surface area (Å²) in [5, 5.41) is 6.86. The van der Waals surface area contributed by atoms with Gasteiger partial charge in [0, 0.05) is 25.2 Å². The quantitative estimate of drug-likeness (QED) is 0.695. The van der Waals surface area contributed by atoms with E-state index in [0.717, 1.165) is 12.8 Å². The molecular weight excluding hydrogens is 387 g/mol. The zero-order chi connectivity index (χ0) is 21.3. The van der Waals surface area contributed by atoms with Gasteiger partial charge in [0.25, 0.3) is 0 Å². The van der Waals surface area contributed by atoms with Gasteiger partial charge in [0.1, 0.15) is 17.2 Å². The van der Waals surface area contributed by atoms with Crippen molar-refractivity contribution in [1.29, 1.82) is 0 Å². The molecule has 9 heteroatoms. The van der Waals surface area contributed by atoms with Crippen LogP contribution in [-0.4, -0.2) is 56.7 Å². The molecule has 1 N–H and O–H groups in total. The Kier molecular flexibility index (Phi) is 5.72. The van der Waals surface area contributed by atoms with Crippen LogP contribution < -0.4 is 10.1 Å². The summed E-state index contributed by atoms with van der Waals surface area (Å²) < 4.78 is 23.0. The van der Waals surface area contributed by atoms with Gasteiger partial charge in [-0.1, -0.05) is 6.92 Å². The molecule has 0 radical (unpaired) electrons. The van der Waals surface area contributed by atoms with E-state index in [9.17, 15) is 9.18 Å². The van der Waals surface area contributed by atoms with Crippen LogP contribution in [0, 0.1) is 11.7 Å². The van der Waals surface area contributed by atoms with E-state index >= 15 is 0 Å². The van der Waals surface area contributed by atoms with Crippen LogP contribution in [0.2, 0.25) is 0 Å². The highest BCUT2D eigenvalue weighted by Crippen LogP contribution is 2.32. The molecule has 3 aromatic rings. The summed E-state index contributed by atoms with van der Waals surface area (Å²) in [5.41, 5.74) is 1.30. The van der Waals surface area contributed by atoms with Crippen LogP contribution >= 0.6 is 0 Å². The van der Waals surface area contributed by atoms with Crippen molar-refractivity contribution < 1.29 is 13.9 Å². The number of hydrogen-bond donors (Lipinski definition) is 1. The van der Waals surface area contributed by atoms with E-state index in [1.54, 1.807) is 28.5 Å². The van der Waals surface area contributed by atoms with E-state index in [1.807, 2.05) is 0 Å².